The van der Waals surface area contributed by atoms with E-state index in [0.717, 1.165) is 14.7 Å². The predicted octanol–water partition coefficient (Wildman–Crippen LogP) is -11.9. The van der Waals surface area contributed by atoms with Crippen LogP contribution >= 0.6 is 0 Å². The van der Waals surface area contributed by atoms with Crippen LogP contribution in [0.3, 0.4) is 0 Å². The zero-order chi connectivity index (χ0) is 33.1. The van der Waals surface area contributed by atoms with Crippen molar-refractivity contribution < 1.29 is 64.2 Å². The standard InChI is InChI=1S/C23H39N7O13/c24-23(25)26-5-1-2-14(21(40)41)27-16(31)4-3-15(22(42)43)30(8-6-28(10-17(32)33)11-18(34)35)9-7-29(12-19(36)37)13-20(38)39/h14-15H,1-13H2,(H,27,31)(H,32,33)(H,34,35)(H,36,37)(H,38,39)(H,40,41)(H,42,43)(H4,24,25,26)/p-6/t14-,15?/m0/s1. The second kappa shape index (κ2) is 20.3. The number of aliphatic carboxylic acids is 6. The number of aliphatic imine (C=N–C) groups is 1. The number of nitrogens with zero attached hydrogens (tertiary/aromatic N) is 4. The van der Waals surface area contributed by atoms with Gasteiger partial charge in [-0.05, 0) is 19.3 Å². The molecule has 0 spiro atoms. The maximum absolute atomic E-state index is 12.5. The number of nitrogens with one attached hydrogen (secondary N) is 1. The summed E-state index contributed by atoms with van der Waals surface area (Å²) in [7, 11) is 0. The molecule has 0 saturated carbocycles. The molecular weight excluding hydrogens is 582 g/mol. The molecule has 1 unspecified atom stereocenters. The van der Waals surface area contributed by atoms with Crippen LogP contribution in [-0.4, -0.2) is 133 Å². The summed E-state index contributed by atoms with van der Waals surface area (Å²) in [5.41, 5.74) is 10.4. The number of guanidine groups is 1. The molecule has 5 N–H and O–H groups in total. The lowest BCUT2D eigenvalue weighted by Gasteiger charge is -2.36. The Kier molecular flexibility index (Phi) is 18.2. The molecule has 2 atom stereocenters. The second-order valence-corrected chi connectivity index (χ2v) is 9.21. The van der Waals surface area contributed by atoms with Crippen molar-refractivity contribution >= 4 is 47.7 Å². The summed E-state index contributed by atoms with van der Waals surface area (Å²) in [6, 6.07) is -3.11. The Morgan fingerprint density at radius 3 is 1.44 bits per heavy atom. The van der Waals surface area contributed by atoms with Crippen LogP contribution in [0, 0.1) is 0 Å². The molecule has 0 rings (SSSR count). The van der Waals surface area contributed by atoms with Gasteiger partial charge in [-0.15, -0.1) is 0 Å². The first-order chi connectivity index (χ1) is 20.0. The fraction of sp³-hybridized carbons (Fsp3) is 0.652. The summed E-state index contributed by atoms with van der Waals surface area (Å²) in [5.74, 6) is -11.1. The summed E-state index contributed by atoms with van der Waals surface area (Å²) in [5, 5.41) is 69.6. The Morgan fingerprint density at radius 2 is 1.09 bits per heavy atom. The summed E-state index contributed by atoms with van der Waals surface area (Å²) in [6.45, 7) is -5.04. The van der Waals surface area contributed by atoms with Gasteiger partial charge in [0.15, 0.2) is 5.96 Å². The maximum Gasteiger partial charge on any atom is 0.220 e. The summed E-state index contributed by atoms with van der Waals surface area (Å²) < 4.78 is 0. The van der Waals surface area contributed by atoms with Gasteiger partial charge in [-0.25, -0.2) is 0 Å². The number of hydrogen-bond acceptors (Lipinski definition) is 17. The lowest BCUT2D eigenvalue weighted by Crippen LogP contribution is -2.55. The van der Waals surface area contributed by atoms with Crippen LogP contribution in [0.5, 0.6) is 0 Å². The van der Waals surface area contributed by atoms with Crippen LogP contribution in [0.25, 0.3) is 0 Å². The van der Waals surface area contributed by atoms with Gasteiger partial charge in [-0.1, -0.05) is 0 Å². The molecule has 20 nitrogen and oxygen atoms in total. The van der Waals surface area contributed by atoms with Gasteiger partial charge in [0.2, 0.25) is 5.91 Å². The van der Waals surface area contributed by atoms with Gasteiger partial charge < -0.3 is 76.2 Å². The van der Waals surface area contributed by atoms with Crippen molar-refractivity contribution in [1.82, 2.24) is 20.0 Å². The minimum absolute atomic E-state index is 0.0590. The molecule has 0 heterocycles. The van der Waals surface area contributed by atoms with Crippen molar-refractivity contribution in [1.29, 1.82) is 0 Å². The lowest BCUT2D eigenvalue weighted by atomic mass is 10.1. The number of rotatable bonds is 25. The molecule has 0 radical (unpaired) electrons. The third-order valence-corrected chi connectivity index (χ3v) is 5.74. The molecule has 0 aliphatic heterocycles. The van der Waals surface area contributed by atoms with Crippen LogP contribution in [0.2, 0.25) is 0 Å². The SMILES string of the molecule is NC(N)=NCCC[C@H](NC(=O)CCC(C(=O)[O-])N(CCN(CC(=O)[O-])CC(=O)[O-])CCN(CC(=O)[O-])CC(=O)[O-])C(=O)[O-]. The molecule has 0 aliphatic rings. The van der Waals surface area contributed by atoms with Crippen molar-refractivity contribution in [3.05, 3.63) is 0 Å². The fourth-order valence-electron chi connectivity index (χ4n) is 3.86. The Balaban J connectivity index is 5.75. The van der Waals surface area contributed by atoms with E-state index in [2.05, 4.69) is 10.3 Å². The van der Waals surface area contributed by atoms with Crippen molar-refractivity contribution in [2.24, 2.45) is 16.5 Å². The maximum atomic E-state index is 12.5. The van der Waals surface area contributed by atoms with E-state index in [-0.39, 0.29) is 25.3 Å². The third-order valence-electron chi connectivity index (χ3n) is 5.74. The predicted molar refractivity (Wildman–Crippen MR) is 129 cm³/mol. The highest BCUT2D eigenvalue weighted by Gasteiger charge is 2.24. The van der Waals surface area contributed by atoms with Gasteiger partial charge in [0.25, 0.3) is 0 Å². The van der Waals surface area contributed by atoms with Crippen molar-refractivity contribution in [3.8, 4) is 0 Å². The third kappa shape index (κ3) is 19.2. The summed E-state index contributed by atoms with van der Waals surface area (Å²) in [4.78, 5) is 86.3. The topological polar surface area (TPSA) is 344 Å². The van der Waals surface area contributed by atoms with Gasteiger partial charge in [0.05, 0.1) is 41.9 Å². The van der Waals surface area contributed by atoms with E-state index in [9.17, 15) is 64.2 Å². The van der Waals surface area contributed by atoms with Crippen LogP contribution < -0.4 is 47.4 Å². The van der Waals surface area contributed by atoms with Gasteiger partial charge in [-0.3, -0.25) is 24.5 Å². The Morgan fingerprint density at radius 1 is 0.651 bits per heavy atom. The number of carbonyl (C=O) groups is 7. The minimum atomic E-state index is -1.75. The molecule has 0 aromatic carbocycles. The van der Waals surface area contributed by atoms with Crippen LogP contribution in [0.15, 0.2) is 4.99 Å². The Hall–Kier alpha value is -4.56. The molecule has 0 aliphatic carbocycles. The fourth-order valence-corrected chi connectivity index (χ4v) is 3.86. The smallest absolute Gasteiger partial charge is 0.220 e. The van der Waals surface area contributed by atoms with Crippen molar-refractivity contribution in [2.45, 2.75) is 37.8 Å². The number of carbonyl (C=O) groups excluding carboxylic acids is 7. The van der Waals surface area contributed by atoms with Crippen LogP contribution in [0.1, 0.15) is 25.7 Å². The van der Waals surface area contributed by atoms with E-state index in [1.54, 1.807) is 0 Å². The number of amides is 1. The number of hydrogen-bond donors (Lipinski definition) is 3. The zero-order valence-electron chi connectivity index (χ0n) is 23.1. The molecule has 0 saturated heterocycles. The molecule has 43 heavy (non-hydrogen) atoms. The molecule has 1 amide bonds. The number of carboxylic acid groups (broad SMARTS) is 6. The molecular formula is C23H33N7O13-6. The molecule has 20 heteroatoms. The minimum Gasteiger partial charge on any atom is -0.549 e. The van der Waals surface area contributed by atoms with E-state index in [1.165, 1.54) is 0 Å². The molecule has 0 bridgehead atoms. The summed E-state index contributed by atoms with van der Waals surface area (Å²) >= 11 is 0. The van der Waals surface area contributed by atoms with Gasteiger partial charge in [0.1, 0.15) is 0 Å². The van der Waals surface area contributed by atoms with E-state index in [4.69, 9.17) is 11.5 Å². The largest absolute Gasteiger partial charge is 0.549 e. The molecule has 0 aromatic rings. The first kappa shape index (κ1) is 38.4. The van der Waals surface area contributed by atoms with Gasteiger partial charge >= 0.3 is 0 Å². The van der Waals surface area contributed by atoms with Crippen LogP contribution in [0.4, 0.5) is 0 Å². The van der Waals surface area contributed by atoms with Crippen molar-refractivity contribution in [3.63, 3.8) is 0 Å². The monoisotopic (exact) mass is 615 g/mol. The van der Waals surface area contributed by atoms with E-state index in [0.29, 0.717) is 0 Å². The first-order valence-corrected chi connectivity index (χ1v) is 12.8. The zero-order valence-corrected chi connectivity index (χ0v) is 23.1. The average Bonchev–Trinajstić information content (AvgIpc) is 2.84. The Bertz CT molecular complexity index is 948. The highest BCUT2D eigenvalue weighted by Crippen LogP contribution is 2.10. The highest BCUT2D eigenvalue weighted by atomic mass is 16.4. The van der Waals surface area contributed by atoms with Gasteiger partial charge in [0, 0.05) is 71.4 Å². The molecule has 244 valence electrons. The quantitative estimate of drug-likeness (QED) is 0.0487. The number of nitrogens with two attached hydrogens (primary N) is 2. The summed E-state index contributed by atoms with van der Waals surface area (Å²) in [6.07, 6.45) is -1.06. The highest BCUT2D eigenvalue weighted by molar-refractivity contribution is 5.83. The van der Waals surface area contributed by atoms with E-state index in [1.807, 2.05) is 0 Å². The normalized spacial score (nSPS) is 12.4. The van der Waals surface area contributed by atoms with E-state index >= 15 is 0 Å². The van der Waals surface area contributed by atoms with E-state index < -0.39 is 119 Å². The lowest BCUT2D eigenvalue weighted by molar-refractivity contribution is -0.314. The molecule has 0 fully saturated rings. The number of carboxylic acids is 6. The Labute approximate surface area is 245 Å². The average molecular weight is 616 g/mol. The molecule has 0 aromatic heterocycles. The van der Waals surface area contributed by atoms with Gasteiger partial charge in [-0.2, -0.15) is 0 Å². The van der Waals surface area contributed by atoms with Crippen molar-refractivity contribution in [2.75, 3.05) is 58.9 Å². The first-order valence-electron chi connectivity index (χ1n) is 12.8. The second-order valence-electron chi connectivity index (χ2n) is 9.21. The van der Waals surface area contributed by atoms with Crippen LogP contribution in [-0.2, 0) is 33.6 Å².